The van der Waals surface area contributed by atoms with Gasteiger partial charge in [-0.3, -0.25) is 14.6 Å². The fraction of sp³-hybridized carbons (Fsp3) is 0.933. The van der Waals surface area contributed by atoms with Gasteiger partial charge in [0.25, 0.3) is 0 Å². The van der Waals surface area contributed by atoms with E-state index in [1.54, 1.807) is 0 Å². The molecule has 0 aromatic carbocycles. The van der Waals surface area contributed by atoms with Crippen molar-refractivity contribution < 1.29 is 4.79 Å². The summed E-state index contributed by atoms with van der Waals surface area (Å²) in [5.74, 6) is 0.303. The Hall–Kier alpha value is -0.610. The first kappa shape index (κ1) is 16.4. The van der Waals surface area contributed by atoms with Crippen LogP contribution in [-0.4, -0.2) is 73.0 Å². The van der Waals surface area contributed by atoms with Gasteiger partial charge in [-0.05, 0) is 26.1 Å². The van der Waals surface area contributed by atoms with E-state index in [0.717, 1.165) is 39.3 Å². The Morgan fingerprint density at radius 1 is 1.00 bits per heavy atom. The number of hydrogen-bond acceptors (Lipinski definition) is 3. The predicted molar refractivity (Wildman–Crippen MR) is 80.3 cm³/mol. The number of carbonyl (C=O) groups excluding carboxylic acids is 1. The Labute approximate surface area is 118 Å². The molecule has 1 fully saturated rings. The molecule has 1 rings (SSSR count). The summed E-state index contributed by atoms with van der Waals surface area (Å²) in [6, 6.07) is 0. The second kappa shape index (κ2) is 9.32. The van der Waals surface area contributed by atoms with Crippen LogP contribution in [0.5, 0.6) is 0 Å². The van der Waals surface area contributed by atoms with Crippen LogP contribution in [0.2, 0.25) is 0 Å². The molecule has 1 aliphatic rings. The SMILES string of the molecule is CCCCCN1CCN(C(=O)CN(CC)CC)CC1. The highest BCUT2D eigenvalue weighted by molar-refractivity contribution is 5.78. The Morgan fingerprint density at radius 3 is 2.16 bits per heavy atom. The van der Waals surface area contributed by atoms with Crippen LogP contribution in [0.1, 0.15) is 40.0 Å². The lowest BCUT2D eigenvalue weighted by molar-refractivity contribution is -0.134. The fourth-order valence-corrected chi connectivity index (χ4v) is 2.54. The van der Waals surface area contributed by atoms with Crippen LogP contribution < -0.4 is 0 Å². The lowest BCUT2D eigenvalue weighted by Gasteiger charge is -2.35. The molecule has 4 nitrogen and oxygen atoms in total. The number of likely N-dealkylation sites (N-methyl/N-ethyl adjacent to an activating group) is 1. The molecule has 0 atom stereocenters. The molecule has 0 radical (unpaired) electrons. The van der Waals surface area contributed by atoms with Crippen LogP contribution in [0.25, 0.3) is 0 Å². The summed E-state index contributed by atoms with van der Waals surface area (Å²) in [7, 11) is 0. The van der Waals surface area contributed by atoms with Gasteiger partial charge < -0.3 is 4.90 Å². The minimum atomic E-state index is 0.303. The quantitative estimate of drug-likeness (QED) is 0.627. The van der Waals surface area contributed by atoms with Gasteiger partial charge in [0.05, 0.1) is 6.54 Å². The molecule has 0 saturated carbocycles. The first-order chi connectivity index (χ1) is 9.21. The zero-order valence-corrected chi connectivity index (χ0v) is 13.0. The summed E-state index contributed by atoms with van der Waals surface area (Å²) >= 11 is 0. The van der Waals surface area contributed by atoms with Gasteiger partial charge >= 0.3 is 0 Å². The highest BCUT2D eigenvalue weighted by atomic mass is 16.2. The summed E-state index contributed by atoms with van der Waals surface area (Å²) in [5.41, 5.74) is 0. The Balaban J connectivity index is 2.23. The third kappa shape index (κ3) is 5.91. The number of hydrogen-bond donors (Lipinski definition) is 0. The lowest BCUT2D eigenvalue weighted by Crippen LogP contribution is -2.51. The van der Waals surface area contributed by atoms with Gasteiger partial charge in [0.15, 0.2) is 0 Å². The van der Waals surface area contributed by atoms with Crippen molar-refractivity contribution in [1.29, 1.82) is 0 Å². The standard InChI is InChI=1S/C15H31N3O/c1-4-7-8-9-17-10-12-18(13-11-17)15(19)14-16(5-2)6-3/h4-14H2,1-3H3. The molecule has 4 heteroatoms. The van der Waals surface area contributed by atoms with E-state index >= 15 is 0 Å². The monoisotopic (exact) mass is 269 g/mol. The molecule has 0 aliphatic carbocycles. The van der Waals surface area contributed by atoms with Crippen molar-refractivity contribution in [3.05, 3.63) is 0 Å². The lowest BCUT2D eigenvalue weighted by atomic mass is 10.2. The van der Waals surface area contributed by atoms with E-state index in [1.165, 1.54) is 25.8 Å². The van der Waals surface area contributed by atoms with Gasteiger partial charge in [0.1, 0.15) is 0 Å². The van der Waals surface area contributed by atoms with Crippen molar-refractivity contribution in [3.8, 4) is 0 Å². The average molecular weight is 269 g/mol. The molecule has 0 N–H and O–H groups in total. The van der Waals surface area contributed by atoms with Crippen molar-refractivity contribution in [2.24, 2.45) is 0 Å². The Bertz CT molecular complexity index is 246. The van der Waals surface area contributed by atoms with Crippen LogP contribution in [0.3, 0.4) is 0 Å². The van der Waals surface area contributed by atoms with Crippen LogP contribution >= 0.6 is 0 Å². The molecular weight excluding hydrogens is 238 g/mol. The highest BCUT2D eigenvalue weighted by Gasteiger charge is 2.21. The summed E-state index contributed by atoms with van der Waals surface area (Å²) in [5, 5.41) is 0. The van der Waals surface area contributed by atoms with Gasteiger partial charge in [-0.2, -0.15) is 0 Å². The largest absolute Gasteiger partial charge is 0.339 e. The van der Waals surface area contributed by atoms with Crippen molar-refractivity contribution in [2.75, 3.05) is 52.4 Å². The third-order valence-electron chi connectivity index (χ3n) is 4.06. The van der Waals surface area contributed by atoms with E-state index in [9.17, 15) is 4.79 Å². The van der Waals surface area contributed by atoms with Gasteiger partial charge in [-0.15, -0.1) is 0 Å². The number of unbranched alkanes of at least 4 members (excludes halogenated alkanes) is 2. The molecule has 0 aromatic rings. The number of piperazine rings is 1. The Kier molecular flexibility index (Phi) is 8.07. The molecule has 19 heavy (non-hydrogen) atoms. The molecule has 0 spiro atoms. The molecule has 1 aliphatic heterocycles. The minimum Gasteiger partial charge on any atom is -0.339 e. The summed E-state index contributed by atoms with van der Waals surface area (Å²) in [6.07, 6.45) is 3.90. The molecule has 112 valence electrons. The molecule has 1 amide bonds. The first-order valence-electron chi connectivity index (χ1n) is 7.93. The second-order valence-electron chi connectivity index (χ2n) is 5.39. The van der Waals surface area contributed by atoms with Crippen molar-refractivity contribution in [2.45, 2.75) is 40.0 Å². The third-order valence-corrected chi connectivity index (χ3v) is 4.06. The van der Waals surface area contributed by atoms with Crippen LogP contribution in [0.4, 0.5) is 0 Å². The minimum absolute atomic E-state index is 0.303. The molecule has 0 aromatic heterocycles. The maximum absolute atomic E-state index is 12.2. The van der Waals surface area contributed by atoms with Crippen LogP contribution in [0.15, 0.2) is 0 Å². The van der Waals surface area contributed by atoms with Crippen LogP contribution in [-0.2, 0) is 4.79 Å². The van der Waals surface area contributed by atoms with E-state index in [1.807, 2.05) is 4.90 Å². The normalized spacial score (nSPS) is 17.2. The number of rotatable bonds is 8. The maximum atomic E-state index is 12.2. The first-order valence-corrected chi connectivity index (χ1v) is 7.93. The molecule has 1 heterocycles. The topological polar surface area (TPSA) is 26.8 Å². The molecule has 0 bridgehead atoms. The molecule has 1 saturated heterocycles. The van der Waals surface area contributed by atoms with Crippen molar-refractivity contribution in [3.63, 3.8) is 0 Å². The van der Waals surface area contributed by atoms with Crippen molar-refractivity contribution in [1.82, 2.24) is 14.7 Å². The zero-order valence-electron chi connectivity index (χ0n) is 13.0. The van der Waals surface area contributed by atoms with Gasteiger partial charge in [-0.1, -0.05) is 33.6 Å². The van der Waals surface area contributed by atoms with Gasteiger partial charge in [0.2, 0.25) is 5.91 Å². The highest BCUT2D eigenvalue weighted by Crippen LogP contribution is 2.05. The Morgan fingerprint density at radius 2 is 1.63 bits per heavy atom. The van der Waals surface area contributed by atoms with E-state index in [0.29, 0.717) is 12.5 Å². The number of nitrogens with zero attached hydrogens (tertiary/aromatic N) is 3. The van der Waals surface area contributed by atoms with Gasteiger partial charge in [0, 0.05) is 26.2 Å². The van der Waals surface area contributed by atoms with E-state index in [-0.39, 0.29) is 0 Å². The predicted octanol–water partition coefficient (Wildman–Crippen LogP) is 1.66. The molecular formula is C15H31N3O. The number of amides is 1. The van der Waals surface area contributed by atoms with E-state index in [2.05, 4.69) is 30.6 Å². The summed E-state index contributed by atoms with van der Waals surface area (Å²) < 4.78 is 0. The van der Waals surface area contributed by atoms with Gasteiger partial charge in [-0.25, -0.2) is 0 Å². The molecule has 0 unspecified atom stereocenters. The summed E-state index contributed by atoms with van der Waals surface area (Å²) in [4.78, 5) is 18.9. The number of carbonyl (C=O) groups is 1. The summed E-state index contributed by atoms with van der Waals surface area (Å²) in [6.45, 7) is 14.1. The average Bonchev–Trinajstić information content (AvgIpc) is 2.45. The van der Waals surface area contributed by atoms with Crippen LogP contribution in [0, 0.1) is 0 Å². The maximum Gasteiger partial charge on any atom is 0.236 e. The van der Waals surface area contributed by atoms with Crippen molar-refractivity contribution >= 4 is 5.91 Å². The van der Waals surface area contributed by atoms with E-state index in [4.69, 9.17) is 0 Å². The zero-order chi connectivity index (χ0) is 14.1. The second-order valence-corrected chi connectivity index (χ2v) is 5.39. The van der Waals surface area contributed by atoms with E-state index < -0.39 is 0 Å². The fourth-order valence-electron chi connectivity index (χ4n) is 2.54. The smallest absolute Gasteiger partial charge is 0.236 e.